The molecule has 1 aromatic carbocycles. The van der Waals surface area contributed by atoms with E-state index in [4.69, 9.17) is 5.73 Å². The van der Waals surface area contributed by atoms with Gasteiger partial charge < -0.3 is 10.7 Å². The summed E-state index contributed by atoms with van der Waals surface area (Å²) in [5.74, 6) is -0.232. The van der Waals surface area contributed by atoms with Crippen molar-refractivity contribution in [3.63, 3.8) is 0 Å². The smallest absolute Gasteiger partial charge is 0.147 e. The van der Waals surface area contributed by atoms with E-state index in [-0.39, 0.29) is 11.9 Å². The summed E-state index contributed by atoms with van der Waals surface area (Å²) in [5.41, 5.74) is 7.34. The highest BCUT2D eigenvalue weighted by Crippen LogP contribution is 2.28. The molecule has 2 rings (SSSR count). The molecular formula is C11H12BrFN2. The number of hydrogen-bond donors (Lipinski definition) is 2. The maximum atomic E-state index is 13.4. The minimum absolute atomic E-state index is 0.0589. The molecule has 0 bridgehead atoms. The Balaban J connectivity index is 2.63. The molecule has 1 aromatic heterocycles. The first-order valence-corrected chi connectivity index (χ1v) is 5.59. The average Bonchev–Trinajstić information content (AvgIpc) is 2.45. The Labute approximate surface area is 95.8 Å². The summed E-state index contributed by atoms with van der Waals surface area (Å²) in [7, 11) is 0. The third-order valence-electron chi connectivity index (χ3n) is 2.36. The zero-order chi connectivity index (χ0) is 11.0. The highest BCUT2D eigenvalue weighted by Gasteiger charge is 2.13. The minimum atomic E-state index is -0.232. The first kappa shape index (κ1) is 10.6. The Morgan fingerprint density at radius 3 is 2.93 bits per heavy atom. The van der Waals surface area contributed by atoms with Gasteiger partial charge >= 0.3 is 0 Å². The van der Waals surface area contributed by atoms with Gasteiger partial charge in [-0.1, -0.05) is 12.1 Å². The van der Waals surface area contributed by atoms with Crippen LogP contribution in [0.15, 0.2) is 22.8 Å². The van der Waals surface area contributed by atoms with Gasteiger partial charge in [0.25, 0.3) is 0 Å². The van der Waals surface area contributed by atoms with Crippen molar-refractivity contribution in [2.24, 2.45) is 5.73 Å². The molecule has 15 heavy (non-hydrogen) atoms. The number of rotatable bonds is 2. The SMILES string of the molecule is CC(N)Cc1c(Br)[nH]c2c(F)cccc12. The number of benzene rings is 1. The minimum Gasteiger partial charge on any atom is -0.347 e. The predicted molar refractivity (Wildman–Crippen MR) is 63.3 cm³/mol. The van der Waals surface area contributed by atoms with Gasteiger partial charge in [0, 0.05) is 11.4 Å². The van der Waals surface area contributed by atoms with E-state index in [0.29, 0.717) is 5.52 Å². The summed E-state index contributed by atoms with van der Waals surface area (Å²) in [4.78, 5) is 2.99. The van der Waals surface area contributed by atoms with E-state index in [2.05, 4.69) is 20.9 Å². The normalized spacial score (nSPS) is 13.3. The van der Waals surface area contributed by atoms with Crippen LogP contribution in [0.2, 0.25) is 0 Å². The van der Waals surface area contributed by atoms with Crippen LogP contribution in [0.25, 0.3) is 10.9 Å². The summed E-state index contributed by atoms with van der Waals surface area (Å²) in [6.45, 7) is 1.94. The number of halogens is 2. The molecule has 0 saturated carbocycles. The number of nitrogens with two attached hydrogens (primary N) is 1. The van der Waals surface area contributed by atoms with Crippen LogP contribution in [0.3, 0.4) is 0 Å². The van der Waals surface area contributed by atoms with Gasteiger partial charge in [0.05, 0.1) is 10.1 Å². The lowest BCUT2D eigenvalue weighted by Gasteiger charge is -2.04. The summed E-state index contributed by atoms with van der Waals surface area (Å²) >= 11 is 3.39. The van der Waals surface area contributed by atoms with Crippen LogP contribution in [0, 0.1) is 5.82 Å². The number of hydrogen-bond acceptors (Lipinski definition) is 1. The molecule has 2 nitrogen and oxygen atoms in total. The van der Waals surface area contributed by atoms with Gasteiger partial charge in [-0.05, 0) is 40.9 Å². The van der Waals surface area contributed by atoms with Crippen molar-refractivity contribution in [3.8, 4) is 0 Å². The van der Waals surface area contributed by atoms with Crippen molar-refractivity contribution in [1.29, 1.82) is 0 Å². The second kappa shape index (κ2) is 3.94. The second-order valence-electron chi connectivity index (χ2n) is 3.76. The molecule has 0 amide bonds. The van der Waals surface area contributed by atoms with Crippen LogP contribution in [-0.2, 0) is 6.42 Å². The van der Waals surface area contributed by atoms with Crippen molar-refractivity contribution in [3.05, 3.63) is 34.2 Å². The topological polar surface area (TPSA) is 41.8 Å². The maximum Gasteiger partial charge on any atom is 0.147 e. The summed E-state index contributed by atoms with van der Waals surface area (Å²) < 4.78 is 14.3. The third kappa shape index (κ3) is 1.92. The van der Waals surface area contributed by atoms with Gasteiger partial charge in [-0.3, -0.25) is 0 Å². The molecule has 0 fully saturated rings. The fourth-order valence-electron chi connectivity index (χ4n) is 1.73. The fraction of sp³-hybridized carbons (Fsp3) is 0.273. The Morgan fingerprint density at radius 1 is 1.53 bits per heavy atom. The van der Waals surface area contributed by atoms with Crippen molar-refractivity contribution in [1.82, 2.24) is 4.98 Å². The van der Waals surface area contributed by atoms with E-state index in [1.807, 2.05) is 13.0 Å². The van der Waals surface area contributed by atoms with Gasteiger partial charge in [0.2, 0.25) is 0 Å². The monoisotopic (exact) mass is 270 g/mol. The van der Waals surface area contributed by atoms with Crippen molar-refractivity contribution in [2.75, 3.05) is 0 Å². The Hall–Kier alpha value is -0.870. The maximum absolute atomic E-state index is 13.4. The summed E-state index contributed by atoms with van der Waals surface area (Å²) in [6.07, 6.45) is 0.726. The molecule has 2 aromatic rings. The number of para-hydroxylation sites is 1. The molecule has 0 aliphatic rings. The van der Waals surface area contributed by atoms with E-state index in [0.717, 1.165) is 22.0 Å². The largest absolute Gasteiger partial charge is 0.347 e. The number of aromatic nitrogens is 1. The van der Waals surface area contributed by atoms with E-state index >= 15 is 0 Å². The number of fused-ring (bicyclic) bond motifs is 1. The lowest BCUT2D eigenvalue weighted by atomic mass is 10.1. The van der Waals surface area contributed by atoms with Crippen LogP contribution in [-0.4, -0.2) is 11.0 Å². The third-order valence-corrected chi connectivity index (χ3v) is 3.04. The van der Waals surface area contributed by atoms with Gasteiger partial charge in [0.1, 0.15) is 5.82 Å². The first-order chi connectivity index (χ1) is 7.09. The van der Waals surface area contributed by atoms with Gasteiger partial charge in [0.15, 0.2) is 0 Å². The van der Waals surface area contributed by atoms with Crippen LogP contribution in [0.5, 0.6) is 0 Å². The zero-order valence-electron chi connectivity index (χ0n) is 8.35. The standard InChI is InChI=1S/C11H12BrFN2/c1-6(14)5-8-7-3-2-4-9(13)10(7)15-11(8)12/h2-4,6,15H,5,14H2,1H3. The van der Waals surface area contributed by atoms with E-state index in [1.165, 1.54) is 6.07 Å². The molecule has 4 heteroatoms. The Kier molecular flexibility index (Phi) is 2.80. The molecule has 0 spiro atoms. The molecule has 1 unspecified atom stereocenters. The van der Waals surface area contributed by atoms with E-state index in [1.54, 1.807) is 6.07 Å². The summed E-state index contributed by atoms with van der Waals surface area (Å²) in [5, 5.41) is 0.902. The highest BCUT2D eigenvalue weighted by atomic mass is 79.9. The fourth-order valence-corrected chi connectivity index (χ4v) is 2.30. The lowest BCUT2D eigenvalue weighted by molar-refractivity contribution is 0.637. The van der Waals surface area contributed by atoms with Crippen LogP contribution >= 0.6 is 15.9 Å². The highest BCUT2D eigenvalue weighted by molar-refractivity contribution is 9.10. The molecule has 80 valence electrons. The van der Waals surface area contributed by atoms with Crippen molar-refractivity contribution < 1.29 is 4.39 Å². The van der Waals surface area contributed by atoms with Crippen LogP contribution in [0.1, 0.15) is 12.5 Å². The molecule has 0 aliphatic carbocycles. The first-order valence-electron chi connectivity index (χ1n) is 4.79. The molecule has 3 N–H and O–H groups in total. The number of H-pyrrole nitrogens is 1. The van der Waals surface area contributed by atoms with E-state index in [9.17, 15) is 4.39 Å². The molecule has 1 atom stereocenters. The predicted octanol–water partition coefficient (Wildman–Crippen LogP) is 2.96. The van der Waals surface area contributed by atoms with Gasteiger partial charge in [-0.15, -0.1) is 0 Å². The Morgan fingerprint density at radius 2 is 2.27 bits per heavy atom. The zero-order valence-corrected chi connectivity index (χ0v) is 9.94. The lowest BCUT2D eigenvalue weighted by Crippen LogP contribution is -2.17. The molecule has 1 heterocycles. The van der Waals surface area contributed by atoms with E-state index < -0.39 is 0 Å². The van der Waals surface area contributed by atoms with Crippen LogP contribution < -0.4 is 5.73 Å². The van der Waals surface area contributed by atoms with Crippen molar-refractivity contribution in [2.45, 2.75) is 19.4 Å². The van der Waals surface area contributed by atoms with Crippen molar-refractivity contribution >= 4 is 26.8 Å². The molecule has 0 saturated heterocycles. The van der Waals surface area contributed by atoms with Gasteiger partial charge in [-0.25, -0.2) is 4.39 Å². The van der Waals surface area contributed by atoms with Crippen LogP contribution in [0.4, 0.5) is 4.39 Å². The molecule has 0 aliphatic heterocycles. The Bertz CT molecular complexity index is 491. The summed E-state index contributed by atoms with van der Waals surface area (Å²) in [6, 6.07) is 5.12. The molecular weight excluding hydrogens is 259 g/mol. The number of aromatic amines is 1. The average molecular weight is 271 g/mol. The molecule has 0 radical (unpaired) electrons. The van der Waals surface area contributed by atoms with Gasteiger partial charge in [-0.2, -0.15) is 0 Å². The number of nitrogens with one attached hydrogen (secondary N) is 1. The second-order valence-corrected chi connectivity index (χ2v) is 4.55. The quantitative estimate of drug-likeness (QED) is 0.866.